The molecule has 1 fully saturated rings. The predicted molar refractivity (Wildman–Crippen MR) is 135 cm³/mol. The molecule has 0 aromatic heterocycles. The molecule has 2 atom stereocenters. The highest BCUT2D eigenvalue weighted by Crippen LogP contribution is 2.23. The van der Waals surface area contributed by atoms with Gasteiger partial charge in [0.2, 0.25) is 5.91 Å². The Labute approximate surface area is 202 Å². The standard InChI is InChI=1S/C27H36N4O3/c1-5-20(4)28-26(33)24(30-25(32)22-10-6-18(2)7-11-22)21-14-16-31(17-15-21)27(34)29-23-12-8-19(3)9-13-23/h6-13,20-21,24H,5,14-17H2,1-4H3,(H,28,33)(H,29,34)(H,30,32)/t20-,24+/m1/s1. The Kier molecular flexibility index (Phi) is 8.68. The van der Waals surface area contributed by atoms with E-state index >= 15 is 0 Å². The van der Waals surface area contributed by atoms with Crippen LogP contribution in [0.4, 0.5) is 10.5 Å². The summed E-state index contributed by atoms with van der Waals surface area (Å²) < 4.78 is 0. The van der Waals surface area contributed by atoms with Crippen LogP contribution < -0.4 is 16.0 Å². The van der Waals surface area contributed by atoms with Crippen molar-refractivity contribution in [2.45, 2.75) is 59.0 Å². The van der Waals surface area contributed by atoms with E-state index in [2.05, 4.69) is 16.0 Å². The van der Waals surface area contributed by atoms with E-state index in [1.165, 1.54) is 0 Å². The minimum Gasteiger partial charge on any atom is -0.352 e. The first-order valence-corrected chi connectivity index (χ1v) is 12.1. The van der Waals surface area contributed by atoms with Crippen molar-refractivity contribution in [3.63, 3.8) is 0 Å². The predicted octanol–water partition coefficient (Wildman–Crippen LogP) is 4.26. The van der Waals surface area contributed by atoms with Gasteiger partial charge in [0.25, 0.3) is 5.91 Å². The molecule has 34 heavy (non-hydrogen) atoms. The number of nitrogens with zero attached hydrogens (tertiary/aromatic N) is 1. The van der Waals surface area contributed by atoms with Gasteiger partial charge in [-0.3, -0.25) is 9.59 Å². The fourth-order valence-corrected chi connectivity index (χ4v) is 4.04. The summed E-state index contributed by atoms with van der Waals surface area (Å²) in [5.41, 5.74) is 3.49. The summed E-state index contributed by atoms with van der Waals surface area (Å²) in [7, 11) is 0. The number of hydrogen-bond acceptors (Lipinski definition) is 3. The van der Waals surface area contributed by atoms with Gasteiger partial charge in [-0.1, -0.05) is 42.3 Å². The van der Waals surface area contributed by atoms with Gasteiger partial charge < -0.3 is 20.9 Å². The summed E-state index contributed by atoms with van der Waals surface area (Å²) in [5.74, 6) is -0.483. The number of rotatable bonds is 7. The van der Waals surface area contributed by atoms with Crippen LogP contribution in [0.3, 0.4) is 0 Å². The van der Waals surface area contributed by atoms with E-state index in [1.807, 2.05) is 64.1 Å². The first-order chi connectivity index (χ1) is 16.3. The van der Waals surface area contributed by atoms with Crippen LogP contribution in [-0.4, -0.2) is 47.9 Å². The lowest BCUT2D eigenvalue weighted by Crippen LogP contribution is -2.55. The second kappa shape index (κ2) is 11.7. The van der Waals surface area contributed by atoms with Crippen molar-refractivity contribution < 1.29 is 14.4 Å². The van der Waals surface area contributed by atoms with Gasteiger partial charge in [-0.2, -0.15) is 0 Å². The summed E-state index contributed by atoms with van der Waals surface area (Å²) in [6.07, 6.45) is 2.07. The van der Waals surface area contributed by atoms with Crippen LogP contribution in [-0.2, 0) is 4.79 Å². The molecular weight excluding hydrogens is 428 g/mol. The van der Waals surface area contributed by atoms with Crippen molar-refractivity contribution in [3.8, 4) is 0 Å². The topological polar surface area (TPSA) is 90.5 Å². The van der Waals surface area contributed by atoms with E-state index in [0.717, 1.165) is 23.2 Å². The molecule has 3 rings (SSSR count). The number of carbonyl (C=O) groups is 3. The number of piperidine rings is 1. The Morgan fingerprint density at radius 2 is 1.47 bits per heavy atom. The average Bonchev–Trinajstić information content (AvgIpc) is 2.84. The zero-order chi connectivity index (χ0) is 24.7. The Morgan fingerprint density at radius 1 is 0.912 bits per heavy atom. The van der Waals surface area contributed by atoms with Crippen molar-refractivity contribution in [2.75, 3.05) is 18.4 Å². The lowest BCUT2D eigenvalue weighted by molar-refractivity contribution is -0.125. The van der Waals surface area contributed by atoms with E-state index < -0.39 is 6.04 Å². The summed E-state index contributed by atoms with van der Waals surface area (Å²) in [4.78, 5) is 40.5. The van der Waals surface area contributed by atoms with E-state index in [9.17, 15) is 14.4 Å². The zero-order valence-corrected chi connectivity index (χ0v) is 20.6. The summed E-state index contributed by atoms with van der Waals surface area (Å²) in [6, 6.07) is 14.2. The first-order valence-electron chi connectivity index (χ1n) is 12.1. The lowest BCUT2D eigenvalue weighted by Gasteiger charge is -2.36. The smallest absolute Gasteiger partial charge is 0.321 e. The van der Waals surface area contributed by atoms with Gasteiger partial charge >= 0.3 is 6.03 Å². The van der Waals surface area contributed by atoms with Gasteiger partial charge in [-0.15, -0.1) is 0 Å². The summed E-state index contributed by atoms with van der Waals surface area (Å²) in [6.45, 7) is 8.98. The zero-order valence-electron chi connectivity index (χ0n) is 20.6. The van der Waals surface area contributed by atoms with Crippen molar-refractivity contribution >= 4 is 23.5 Å². The molecule has 7 heteroatoms. The van der Waals surface area contributed by atoms with Crippen molar-refractivity contribution in [3.05, 3.63) is 65.2 Å². The Bertz CT molecular complexity index is 980. The van der Waals surface area contributed by atoms with E-state index in [0.29, 0.717) is 31.5 Å². The van der Waals surface area contributed by atoms with E-state index in [1.54, 1.807) is 17.0 Å². The number of benzene rings is 2. The average molecular weight is 465 g/mol. The van der Waals surface area contributed by atoms with Crippen LogP contribution >= 0.6 is 0 Å². The van der Waals surface area contributed by atoms with Crippen LogP contribution in [0.25, 0.3) is 0 Å². The molecule has 0 radical (unpaired) electrons. The molecular formula is C27H36N4O3. The number of urea groups is 1. The van der Waals surface area contributed by atoms with Crippen molar-refractivity contribution in [1.29, 1.82) is 0 Å². The number of amides is 4. The SMILES string of the molecule is CC[C@@H](C)NC(=O)[C@@H](NC(=O)c1ccc(C)cc1)C1CCN(C(=O)Nc2ccc(C)cc2)CC1. The van der Waals surface area contributed by atoms with Gasteiger partial charge in [0.1, 0.15) is 6.04 Å². The molecule has 1 aliphatic rings. The highest BCUT2D eigenvalue weighted by atomic mass is 16.2. The number of hydrogen-bond donors (Lipinski definition) is 3. The molecule has 0 aliphatic carbocycles. The largest absolute Gasteiger partial charge is 0.352 e. The molecule has 2 aromatic rings. The highest BCUT2D eigenvalue weighted by Gasteiger charge is 2.34. The molecule has 1 aliphatic heterocycles. The monoisotopic (exact) mass is 464 g/mol. The summed E-state index contributed by atoms with van der Waals surface area (Å²) >= 11 is 0. The van der Waals surface area contributed by atoms with Gasteiger partial charge in [0, 0.05) is 30.4 Å². The van der Waals surface area contributed by atoms with Crippen LogP contribution in [0.15, 0.2) is 48.5 Å². The van der Waals surface area contributed by atoms with Crippen LogP contribution in [0.1, 0.15) is 54.6 Å². The number of nitrogens with one attached hydrogen (secondary N) is 3. The maximum atomic E-state index is 13.1. The molecule has 1 heterocycles. The fourth-order valence-electron chi connectivity index (χ4n) is 4.04. The molecule has 7 nitrogen and oxygen atoms in total. The third kappa shape index (κ3) is 6.83. The number of anilines is 1. The molecule has 2 aromatic carbocycles. The molecule has 0 unspecified atom stereocenters. The number of likely N-dealkylation sites (tertiary alicyclic amines) is 1. The van der Waals surface area contributed by atoms with Gasteiger partial charge in [-0.05, 0) is 70.2 Å². The second-order valence-electron chi connectivity index (χ2n) is 9.26. The summed E-state index contributed by atoms with van der Waals surface area (Å²) in [5, 5.41) is 8.92. The van der Waals surface area contributed by atoms with Gasteiger partial charge in [0.05, 0.1) is 0 Å². The Morgan fingerprint density at radius 3 is 2.03 bits per heavy atom. The first kappa shape index (κ1) is 25.3. The maximum absolute atomic E-state index is 13.1. The third-order valence-corrected chi connectivity index (χ3v) is 6.48. The van der Waals surface area contributed by atoms with Gasteiger partial charge in [0.15, 0.2) is 0 Å². The van der Waals surface area contributed by atoms with Gasteiger partial charge in [-0.25, -0.2) is 4.79 Å². The lowest BCUT2D eigenvalue weighted by atomic mass is 9.88. The Balaban J connectivity index is 1.64. The fraction of sp³-hybridized carbons (Fsp3) is 0.444. The normalized spacial score (nSPS) is 15.8. The molecule has 0 spiro atoms. The Hall–Kier alpha value is -3.35. The third-order valence-electron chi connectivity index (χ3n) is 6.48. The molecule has 4 amide bonds. The number of carbonyl (C=O) groups excluding carboxylic acids is 3. The highest BCUT2D eigenvalue weighted by molar-refractivity contribution is 5.97. The maximum Gasteiger partial charge on any atom is 0.321 e. The van der Waals surface area contributed by atoms with Crippen LogP contribution in [0.5, 0.6) is 0 Å². The molecule has 182 valence electrons. The second-order valence-corrected chi connectivity index (χ2v) is 9.26. The van der Waals surface area contributed by atoms with E-state index in [-0.39, 0.29) is 29.8 Å². The molecule has 3 N–H and O–H groups in total. The quantitative estimate of drug-likeness (QED) is 0.572. The molecule has 1 saturated heterocycles. The van der Waals surface area contributed by atoms with Crippen LogP contribution in [0, 0.1) is 19.8 Å². The molecule has 0 bridgehead atoms. The van der Waals surface area contributed by atoms with Crippen molar-refractivity contribution in [1.82, 2.24) is 15.5 Å². The van der Waals surface area contributed by atoms with Crippen LogP contribution in [0.2, 0.25) is 0 Å². The number of aryl methyl sites for hydroxylation is 2. The van der Waals surface area contributed by atoms with E-state index in [4.69, 9.17) is 0 Å². The van der Waals surface area contributed by atoms with Crippen molar-refractivity contribution in [2.24, 2.45) is 5.92 Å². The molecule has 0 saturated carbocycles. The minimum atomic E-state index is -0.648. The minimum absolute atomic E-state index is 0.0200.